The third kappa shape index (κ3) is 5.59. The van der Waals surface area contributed by atoms with Gasteiger partial charge in [-0.3, -0.25) is 9.59 Å². The summed E-state index contributed by atoms with van der Waals surface area (Å²) in [5.74, 6) is -0.441. The summed E-state index contributed by atoms with van der Waals surface area (Å²) in [6.07, 6.45) is 1.39. The van der Waals surface area contributed by atoms with Gasteiger partial charge in [0.25, 0.3) is 0 Å². The van der Waals surface area contributed by atoms with Crippen molar-refractivity contribution >= 4 is 39.6 Å². The molecule has 26 heavy (non-hydrogen) atoms. The van der Waals surface area contributed by atoms with Crippen molar-refractivity contribution in [1.82, 2.24) is 5.43 Å². The van der Waals surface area contributed by atoms with Crippen LogP contribution in [0.15, 0.2) is 52.0 Å². The molecule has 8 heteroatoms. The van der Waals surface area contributed by atoms with Crippen LogP contribution in [-0.4, -0.2) is 31.7 Å². The molecule has 0 aliphatic rings. The van der Waals surface area contributed by atoms with E-state index in [0.717, 1.165) is 4.47 Å². The van der Waals surface area contributed by atoms with Crippen molar-refractivity contribution in [2.75, 3.05) is 19.0 Å². The molecule has 0 heterocycles. The molecule has 0 aromatic heterocycles. The van der Waals surface area contributed by atoms with Crippen molar-refractivity contribution in [3.8, 4) is 11.5 Å². The summed E-state index contributed by atoms with van der Waals surface area (Å²) in [5.41, 5.74) is 3.30. The Hall–Kier alpha value is -2.87. The molecule has 2 aromatic carbocycles. The molecule has 0 spiro atoms. The Morgan fingerprint density at radius 2 is 1.88 bits per heavy atom. The summed E-state index contributed by atoms with van der Waals surface area (Å²) >= 11 is 3.34. The van der Waals surface area contributed by atoms with Gasteiger partial charge in [0.05, 0.1) is 19.9 Å². The number of nitrogens with one attached hydrogen (secondary N) is 2. The predicted octanol–water partition coefficient (Wildman–Crippen LogP) is 2.95. The van der Waals surface area contributed by atoms with E-state index in [1.807, 2.05) is 13.0 Å². The lowest BCUT2D eigenvalue weighted by molar-refractivity contribution is -0.136. The Balaban J connectivity index is 1.93. The minimum Gasteiger partial charge on any atom is -0.496 e. The van der Waals surface area contributed by atoms with E-state index in [0.29, 0.717) is 29.4 Å². The van der Waals surface area contributed by atoms with Crippen LogP contribution < -0.4 is 20.2 Å². The van der Waals surface area contributed by atoms with Gasteiger partial charge in [-0.25, -0.2) is 5.43 Å². The van der Waals surface area contributed by atoms with E-state index >= 15 is 0 Å². The number of carbonyl (C=O) groups is 2. The molecular weight excluding hydrogens is 402 g/mol. The van der Waals surface area contributed by atoms with Crippen molar-refractivity contribution < 1.29 is 19.1 Å². The molecule has 0 saturated carbocycles. The topological polar surface area (TPSA) is 89.0 Å². The van der Waals surface area contributed by atoms with Crippen LogP contribution in [-0.2, 0) is 9.59 Å². The van der Waals surface area contributed by atoms with Crippen LogP contribution in [0.2, 0.25) is 0 Å². The maximum Gasteiger partial charge on any atom is 0.329 e. The number of carbonyl (C=O) groups excluding carboxylic acids is 2. The van der Waals surface area contributed by atoms with Gasteiger partial charge < -0.3 is 14.8 Å². The molecule has 7 nitrogen and oxygen atoms in total. The highest BCUT2D eigenvalue weighted by molar-refractivity contribution is 9.10. The van der Waals surface area contributed by atoms with Gasteiger partial charge in [0, 0.05) is 15.7 Å². The number of hydrogen-bond acceptors (Lipinski definition) is 5. The number of hydrogen-bond donors (Lipinski definition) is 2. The molecule has 2 aromatic rings. The zero-order chi connectivity index (χ0) is 18.9. The predicted molar refractivity (Wildman–Crippen MR) is 103 cm³/mol. The maximum atomic E-state index is 11.9. The number of halogens is 1. The van der Waals surface area contributed by atoms with Crippen LogP contribution in [0, 0.1) is 0 Å². The third-order valence-electron chi connectivity index (χ3n) is 3.19. The Kier molecular flexibility index (Phi) is 7.16. The second kappa shape index (κ2) is 9.57. The largest absolute Gasteiger partial charge is 0.496 e. The van der Waals surface area contributed by atoms with Crippen molar-refractivity contribution in [3.63, 3.8) is 0 Å². The number of ether oxygens (including phenoxy) is 2. The second-order valence-corrected chi connectivity index (χ2v) is 5.91. The van der Waals surface area contributed by atoms with Crippen LogP contribution in [0.25, 0.3) is 0 Å². The van der Waals surface area contributed by atoms with Crippen LogP contribution in [0.5, 0.6) is 11.5 Å². The lowest BCUT2D eigenvalue weighted by atomic mass is 10.2. The number of benzene rings is 2. The lowest BCUT2D eigenvalue weighted by Crippen LogP contribution is -2.32. The minimum absolute atomic E-state index is 0.478. The first-order valence-corrected chi connectivity index (χ1v) is 8.53. The van der Waals surface area contributed by atoms with Gasteiger partial charge in [-0.1, -0.05) is 15.9 Å². The molecule has 0 atom stereocenters. The average molecular weight is 420 g/mol. The summed E-state index contributed by atoms with van der Waals surface area (Å²) in [7, 11) is 1.53. The Bertz CT molecular complexity index is 807. The molecule has 2 amide bonds. The molecule has 0 radical (unpaired) electrons. The standard InChI is InChI=1S/C18H18BrN3O4/c1-3-26-15-7-5-14(6-8-15)21-17(23)18(24)22-20-11-12-10-13(19)4-9-16(12)25-2/h4-11H,3H2,1-2H3,(H,21,23)(H,22,24)/b20-11+. The Morgan fingerprint density at radius 3 is 2.54 bits per heavy atom. The molecule has 0 fully saturated rings. The molecule has 0 saturated heterocycles. The summed E-state index contributed by atoms with van der Waals surface area (Å²) in [6, 6.07) is 12.0. The molecule has 0 bridgehead atoms. The Morgan fingerprint density at radius 1 is 1.15 bits per heavy atom. The number of methoxy groups -OCH3 is 1. The molecule has 0 unspecified atom stereocenters. The van der Waals surface area contributed by atoms with E-state index in [1.165, 1.54) is 13.3 Å². The monoisotopic (exact) mass is 419 g/mol. The van der Waals surface area contributed by atoms with Gasteiger partial charge in [-0.2, -0.15) is 5.10 Å². The molecule has 0 aliphatic heterocycles. The minimum atomic E-state index is -0.885. The molecule has 2 N–H and O–H groups in total. The van der Waals surface area contributed by atoms with E-state index in [9.17, 15) is 9.59 Å². The smallest absolute Gasteiger partial charge is 0.329 e. The highest BCUT2D eigenvalue weighted by Gasteiger charge is 2.13. The SMILES string of the molecule is CCOc1ccc(NC(=O)C(=O)N/N=C/c2cc(Br)ccc2OC)cc1. The summed E-state index contributed by atoms with van der Waals surface area (Å²) in [6.45, 7) is 2.43. The van der Waals surface area contributed by atoms with Gasteiger partial charge in [-0.15, -0.1) is 0 Å². The van der Waals surface area contributed by atoms with Gasteiger partial charge in [0.2, 0.25) is 0 Å². The first kappa shape index (κ1) is 19.5. The fraction of sp³-hybridized carbons (Fsp3) is 0.167. The van der Waals surface area contributed by atoms with Crippen LogP contribution >= 0.6 is 15.9 Å². The molecular formula is C18H18BrN3O4. The van der Waals surface area contributed by atoms with E-state index in [4.69, 9.17) is 9.47 Å². The molecule has 0 aliphatic carbocycles. The third-order valence-corrected chi connectivity index (χ3v) is 3.68. The maximum absolute atomic E-state index is 11.9. The average Bonchev–Trinajstić information content (AvgIpc) is 2.63. The van der Waals surface area contributed by atoms with E-state index in [-0.39, 0.29) is 0 Å². The van der Waals surface area contributed by atoms with Gasteiger partial charge in [-0.05, 0) is 49.4 Å². The zero-order valence-electron chi connectivity index (χ0n) is 14.3. The highest BCUT2D eigenvalue weighted by atomic mass is 79.9. The zero-order valence-corrected chi connectivity index (χ0v) is 15.9. The lowest BCUT2D eigenvalue weighted by Gasteiger charge is -2.06. The number of hydrazone groups is 1. The van der Waals surface area contributed by atoms with Gasteiger partial charge in [0.15, 0.2) is 0 Å². The first-order chi connectivity index (χ1) is 12.5. The Labute approximate surface area is 159 Å². The second-order valence-electron chi connectivity index (χ2n) is 5.00. The van der Waals surface area contributed by atoms with Crippen LogP contribution in [0.3, 0.4) is 0 Å². The normalized spacial score (nSPS) is 10.4. The van der Waals surface area contributed by atoms with Gasteiger partial charge in [0.1, 0.15) is 11.5 Å². The van der Waals surface area contributed by atoms with Crippen molar-refractivity contribution in [2.24, 2.45) is 5.10 Å². The highest BCUT2D eigenvalue weighted by Crippen LogP contribution is 2.21. The summed E-state index contributed by atoms with van der Waals surface area (Å²) in [4.78, 5) is 23.7. The van der Waals surface area contributed by atoms with E-state index < -0.39 is 11.8 Å². The fourth-order valence-electron chi connectivity index (χ4n) is 2.01. The number of nitrogens with zero attached hydrogens (tertiary/aromatic N) is 1. The summed E-state index contributed by atoms with van der Waals surface area (Å²) < 4.78 is 11.3. The summed E-state index contributed by atoms with van der Waals surface area (Å²) in [5, 5.41) is 6.26. The number of rotatable bonds is 6. The van der Waals surface area contributed by atoms with Crippen molar-refractivity contribution in [2.45, 2.75) is 6.92 Å². The number of anilines is 1. The molecule has 136 valence electrons. The number of amides is 2. The van der Waals surface area contributed by atoms with E-state index in [1.54, 1.807) is 36.4 Å². The van der Waals surface area contributed by atoms with Crippen molar-refractivity contribution in [3.05, 3.63) is 52.5 Å². The van der Waals surface area contributed by atoms with Gasteiger partial charge >= 0.3 is 11.8 Å². The molecule has 2 rings (SSSR count). The van der Waals surface area contributed by atoms with Crippen molar-refractivity contribution in [1.29, 1.82) is 0 Å². The fourth-order valence-corrected chi connectivity index (χ4v) is 2.39. The van der Waals surface area contributed by atoms with E-state index in [2.05, 4.69) is 31.8 Å². The first-order valence-electron chi connectivity index (χ1n) is 7.74. The van der Waals surface area contributed by atoms with Crippen LogP contribution in [0.4, 0.5) is 5.69 Å². The quantitative estimate of drug-likeness (QED) is 0.427. The van der Waals surface area contributed by atoms with Crippen LogP contribution in [0.1, 0.15) is 12.5 Å².